The summed E-state index contributed by atoms with van der Waals surface area (Å²) >= 11 is 0. The summed E-state index contributed by atoms with van der Waals surface area (Å²) in [6.45, 7) is 3.96. The highest BCUT2D eigenvalue weighted by atomic mass is 16.5. The summed E-state index contributed by atoms with van der Waals surface area (Å²) < 4.78 is 7.07. The largest absolute Gasteiger partial charge is 0.466 e. The standard InChI is InChI=1S/C19H23N3O3/c1-2-25-19(24)17-7-4-9-22(13-17)18(23)16-6-3-5-15(11-16)12-21-10-8-20-14-21/h3,5-6,8,10-11,14,17H,2,4,7,9,12-13H2,1H3. The van der Waals surface area contributed by atoms with Crippen molar-refractivity contribution in [2.75, 3.05) is 19.7 Å². The lowest BCUT2D eigenvalue weighted by atomic mass is 9.97. The second-order valence-corrected chi connectivity index (χ2v) is 6.28. The molecule has 0 spiro atoms. The van der Waals surface area contributed by atoms with Crippen LogP contribution in [0.15, 0.2) is 43.0 Å². The average Bonchev–Trinajstić information content (AvgIpc) is 3.14. The van der Waals surface area contributed by atoms with E-state index in [1.54, 1.807) is 24.3 Å². The molecule has 0 aliphatic carbocycles. The Morgan fingerprint density at radius 2 is 2.24 bits per heavy atom. The molecule has 0 bridgehead atoms. The predicted octanol–water partition coefficient (Wildman–Crippen LogP) is 2.35. The third kappa shape index (κ3) is 4.26. The maximum Gasteiger partial charge on any atom is 0.310 e. The number of carbonyl (C=O) groups excluding carboxylic acids is 2. The Labute approximate surface area is 147 Å². The van der Waals surface area contributed by atoms with Gasteiger partial charge >= 0.3 is 5.97 Å². The van der Waals surface area contributed by atoms with Gasteiger partial charge in [-0.2, -0.15) is 0 Å². The maximum absolute atomic E-state index is 12.8. The number of aromatic nitrogens is 2. The van der Waals surface area contributed by atoms with Gasteiger partial charge in [0, 0.05) is 37.6 Å². The number of rotatable bonds is 5. The van der Waals surface area contributed by atoms with Crippen molar-refractivity contribution >= 4 is 11.9 Å². The number of hydrogen-bond donors (Lipinski definition) is 0. The number of benzene rings is 1. The topological polar surface area (TPSA) is 64.4 Å². The summed E-state index contributed by atoms with van der Waals surface area (Å²) in [5.74, 6) is -0.442. The number of piperidine rings is 1. The van der Waals surface area contributed by atoms with Crippen molar-refractivity contribution in [3.8, 4) is 0 Å². The van der Waals surface area contributed by atoms with Crippen LogP contribution in [0.1, 0.15) is 35.7 Å². The summed E-state index contributed by atoms with van der Waals surface area (Å²) in [6, 6.07) is 7.63. The molecule has 1 atom stereocenters. The minimum atomic E-state index is -0.216. The Bertz CT molecular complexity index is 727. The van der Waals surface area contributed by atoms with Gasteiger partial charge in [-0.15, -0.1) is 0 Å². The first-order valence-electron chi connectivity index (χ1n) is 8.68. The van der Waals surface area contributed by atoms with E-state index in [0.29, 0.717) is 31.8 Å². The lowest BCUT2D eigenvalue weighted by Crippen LogP contribution is -2.42. The lowest BCUT2D eigenvalue weighted by molar-refractivity contribution is -0.149. The Hall–Kier alpha value is -2.63. The number of ether oxygens (including phenoxy) is 1. The van der Waals surface area contributed by atoms with E-state index in [0.717, 1.165) is 18.4 Å². The molecule has 1 unspecified atom stereocenters. The molecule has 1 saturated heterocycles. The second kappa shape index (κ2) is 7.96. The first kappa shape index (κ1) is 17.2. The molecular formula is C19H23N3O3. The van der Waals surface area contributed by atoms with E-state index in [-0.39, 0.29) is 17.8 Å². The molecule has 3 rings (SSSR count). The van der Waals surface area contributed by atoms with Crippen LogP contribution in [0.3, 0.4) is 0 Å². The van der Waals surface area contributed by atoms with Gasteiger partial charge in [0.25, 0.3) is 5.91 Å². The van der Waals surface area contributed by atoms with Crippen molar-refractivity contribution < 1.29 is 14.3 Å². The molecule has 6 nitrogen and oxygen atoms in total. The molecule has 1 aliphatic rings. The van der Waals surface area contributed by atoms with Crippen LogP contribution >= 0.6 is 0 Å². The van der Waals surface area contributed by atoms with Gasteiger partial charge in [-0.25, -0.2) is 4.98 Å². The number of likely N-dealkylation sites (tertiary alicyclic amines) is 1. The van der Waals surface area contributed by atoms with Gasteiger partial charge in [0.2, 0.25) is 0 Å². The Kier molecular flexibility index (Phi) is 5.48. The maximum atomic E-state index is 12.8. The zero-order chi connectivity index (χ0) is 17.6. The molecule has 2 aromatic rings. The molecule has 6 heteroatoms. The van der Waals surface area contributed by atoms with Crippen molar-refractivity contribution in [2.45, 2.75) is 26.3 Å². The third-order valence-electron chi connectivity index (χ3n) is 4.43. The van der Waals surface area contributed by atoms with Crippen LogP contribution in [-0.2, 0) is 16.1 Å². The summed E-state index contributed by atoms with van der Waals surface area (Å²) in [4.78, 5) is 30.6. The fourth-order valence-corrected chi connectivity index (χ4v) is 3.19. The molecule has 1 fully saturated rings. The van der Waals surface area contributed by atoms with Crippen molar-refractivity contribution in [3.05, 3.63) is 54.1 Å². The van der Waals surface area contributed by atoms with Crippen molar-refractivity contribution in [1.29, 1.82) is 0 Å². The first-order valence-corrected chi connectivity index (χ1v) is 8.68. The molecule has 1 aromatic heterocycles. The molecule has 1 aliphatic heterocycles. The SMILES string of the molecule is CCOC(=O)C1CCCN(C(=O)c2cccc(Cn3ccnc3)c2)C1. The van der Waals surface area contributed by atoms with Crippen LogP contribution in [0.2, 0.25) is 0 Å². The third-order valence-corrected chi connectivity index (χ3v) is 4.43. The smallest absolute Gasteiger partial charge is 0.310 e. The molecule has 0 N–H and O–H groups in total. The van der Waals surface area contributed by atoms with Crippen molar-refractivity contribution in [1.82, 2.24) is 14.5 Å². The quantitative estimate of drug-likeness (QED) is 0.783. The van der Waals surface area contributed by atoms with E-state index >= 15 is 0 Å². The van der Waals surface area contributed by atoms with E-state index in [9.17, 15) is 9.59 Å². The zero-order valence-electron chi connectivity index (χ0n) is 14.4. The monoisotopic (exact) mass is 341 g/mol. The van der Waals surface area contributed by atoms with Crippen molar-refractivity contribution in [2.24, 2.45) is 5.92 Å². The molecule has 2 heterocycles. The highest BCUT2D eigenvalue weighted by molar-refractivity contribution is 5.94. The summed E-state index contributed by atoms with van der Waals surface area (Å²) in [7, 11) is 0. The molecule has 0 saturated carbocycles. The number of nitrogens with zero attached hydrogens (tertiary/aromatic N) is 3. The highest BCUT2D eigenvalue weighted by Gasteiger charge is 2.29. The van der Waals surface area contributed by atoms with Gasteiger partial charge in [-0.1, -0.05) is 12.1 Å². The van der Waals surface area contributed by atoms with Crippen LogP contribution in [0, 0.1) is 5.92 Å². The van der Waals surface area contributed by atoms with E-state index in [1.165, 1.54) is 0 Å². The molecule has 0 radical (unpaired) electrons. The summed E-state index contributed by atoms with van der Waals surface area (Å²) in [5, 5.41) is 0. The predicted molar refractivity (Wildman–Crippen MR) is 93.0 cm³/mol. The van der Waals surface area contributed by atoms with E-state index in [4.69, 9.17) is 4.74 Å². The average molecular weight is 341 g/mol. The van der Waals surface area contributed by atoms with Gasteiger partial charge in [0.1, 0.15) is 0 Å². The normalized spacial score (nSPS) is 17.3. The Morgan fingerprint density at radius 3 is 3.00 bits per heavy atom. The lowest BCUT2D eigenvalue weighted by Gasteiger charge is -2.31. The van der Waals surface area contributed by atoms with Crippen LogP contribution < -0.4 is 0 Å². The Morgan fingerprint density at radius 1 is 1.36 bits per heavy atom. The molecular weight excluding hydrogens is 318 g/mol. The molecule has 25 heavy (non-hydrogen) atoms. The van der Waals surface area contributed by atoms with Gasteiger partial charge in [-0.3, -0.25) is 9.59 Å². The van der Waals surface area contributed by atoms with Gasteiger partial charge in [-0.05, 0) is 37.5 Å². The number of carbonyl (C=O) groups is 2. The fraction of sp³-hybridized carbons (Fsp3) is 0.421. The number of hydrogen-bond acceptors (Lipinski definition) is 4. The van der Waals surface area contributed by atoms with Crippen LogP contribution in [-0.4, -0.2) is 46.0 Å². The van der Waals surface area contributed by atoms with E-state index < -0.39 is 0 Å². The van der Waals surface area contributed by atoms with Crippen LogP contribution in [0.25, 0.3) is 0 Å². The second-order valence-electron chi connectivity index (χ2n) is 6.28. The molecule has 132 valence electrons. The number of amides is 1. The van der Waals surface area contributed by atoms with E-state index in [2.05, 4.69) is 4.98 Å². The summed E-state index contributed by atoms with van der Waals surface area (Å²) in [5.41, 5.74) is 1.70. The first-order chi connectivity index (χ1) is 12.2. The summed E-state index contributed by atoms with van der Waals surface area (Å²) in [6.07, 6.45) is 6.98. The molecule has 1 aromatic carbocycles. The molecule has 1 amide bonds. The highest BCUT2D eigenvalue weighted by Crippen LogP contribution is 2.20. The van der Waals surface area contributed by atoms with Gasteiger partial charge in [0.05, 0.1) is 18.9 Å². The number of imidazole rings is 1. The van der Waals surface area contributed by atoms with Crippen LogP contribution in [0.5, 0.6) is 0 Å². The van der Waals surface area contributed by atoms with Gasteiger partial charge < -0.3 is 14.2 Å². The minimum Gasteiger partial charge on any atom is -0.466 e. The van der Waals surface area contributed by atoms with Gasteiger partial charge in [0.15, 0.2) is 0 Å². The number of esters is 1. The van der Waals surface area contributed by atoms with Crippen LogP contribution in [0.4, 0.5) is 0 Å². The zero-order valence-corrected chi connectivity index (χ0v) is 14.4. The van der Waals surface area contributed by atoms with E-state index in [1.807, 2.05) is 35.0 Å². The minimum absolute atomic E-state index is 0.0264. The Balaban J connectivity index is 1.68. The van der Waals surface area contributed by atoms with Crippen molar-refractivity contribution in [3.63, 3.8) is 0 Å². The fourth-order valence-electron chi connectivity index (χ4n) is 3.19.